The van der Waals surface area contributed by atoms with Crippen LogP contribution in [0, 0.1) is 0 Å². The molecule has 0 bridgehead atoms. The van der Waals surface area contributed by atoms with Gasteiger partial charge >= 0.3 is 0 Å². The van der Waals surface area contributed by atoms with Gasteiger partial charge in [0.25, 0.3) is 11.8 Å². The van der Waals surface area contributed by atoms with Gasteiger partial charge in [-0.15, -0.1) is 10.2 Å². The van der Waals surface area contributed by atoms with Gasteiger partial charge in [-0.05, 0) is 25.0 Å². The summed E-state index contributed by atoms with van der Waals surface area (Å²) in [6, 6.07) is 11.2. The summed E-state index contributed by atoms with van der Waals surface area (Å²) in [4.78, 5) is 39.5. The second-order valence-corrected chi connectivity index (χ2v) is 6.92. The number of aliphatic hydroxyl groups is 1. The number of Topliss-reactive ketones (excluding diaryl/α,β-unsaturated/α-hetero) is 1. The lowest BCUT2D eigenvalue weighted by molar-refractivity contribution is 0.0576. The summed E-state index contributed by atoms with van der Waals surface area (Å²) in [5, 5.41) is 18.3. The van der Waals surface area contributed by atoms with Gasteiger partial charge in [0.2, 0.25) is 5.78 Å². The van der Waals surface area contributed by atoms with E-state index in [1.807, 2.05) is 13.8 Å². The molecule has 1 aliphatic heterocycles. The van der Waals surface area contributed by atoms with E-state index in [9.17, 15) is 19.5 Å². The molecule has 0 unspecified atom stereocenters. The van der Waals surface area contributed by atoms with E-state index in [0.29, 0.717) is 24.0 Å². The van der Waals surface area contributed by atoms with Crippen molar-refractivity contribution >= 4 is 29.0 Å². The highest BCUT2D eigenvalue weighted by Gasteiger charge is 2.40. The number of carbonyl (C=O) groups excluding carboxylic acids is 3. The van der Waals surface area contributed by atoms with Crippen LogP contribution in [0.4, 0.5) is 5.69 Å². The van der Waals surface area contributed by atoms with E-state index in [4.69, 9.17) is 0 Å². The summed E-state index contributed by atoms with van der Waals surface area (Å²) in [5.74, 6) is -1.44. The van der Waals surface area contributed by atoms with Crippen molar-refractivity contribution in [2.45, 2.75) is 32.7 Å². The fourth-order valence-electron chi connectivity index (χ4n) is 3.80. The third kappa shape index (κ3) is 2.77. The Morgan fingerprint density at radius 1 is 0.862 bits per heavy atom. The zero-order valence-corrected chi connectivity index (χ0v) is 16.0. The Labute approximate surface area is 167 Å². The van der Waals surface area contributed by atoms with Crippen LogP contribution in [0.2, 0.25) is 0 Å². The summed E-state index contributed by atoms with van der Waals surface area (Å²) in [7, 11) is 0. The number of azo groups is 1. The van der Waals surface area contributed by atoms with Gasteiger partial charge in [-0.25, -0.2) is 0 Å². The largest absolute Gasteiger partial charge is 0.505 e. The first-order valence-corrected chi connectivity index (χ1v) is 9.49. The Bertz CT molecular complexity index is 1110. The molecule has 4 rings (SSSR count). The summed E-state index contributed by atoms with van der Waals surface area (Å²) in [6.07, 6.45) is 1.32. The molecule has 0 spiro atoms. The lowest BCUT2D eigenvalue weighted by Gasteiger charge is -2.23. The molecule has 0 aromatic heterocycles. The van der Waals surface area contributed by atoms with Crippen LogP contribution in [0.5, 0.6) is 0 Å². The highest BCUT2D eigenvalue weighted by atomic mass is 16.3. The van der Waals surface area contributed by atoms with Crippen LogP contribution in [0.15, 0.2) is 58.4 Å². The van der Waals surface area contributed by atoms with Crippen LogP contribution in [-0.4, -0.2) is 33.6 Å². The van der Waals surface area contributed by atoms with Crippen LogP contribution >= 0.6 is 0 Å². The molecule has 1 N–H and O–H groups in total. The van der Waals surface area contributed by atoms with Gasteiger partial charge < -0.3 is 5.11 Å². The zero-order chi connectivity index (χ0) is 20.7. The van der Waals surface area contributed by atoms with Gasteiger partial charge in [-0.3, -0.25) is 19.3 Å². The Balaban J connectivity index is 1.72. The molecule has 0 radical (unpaired) electrons. The zero-order valence-electron chi connectivity index (χ0n) is 16.0. The van der Waals surface area contributed by atoms with Crippen LogP contribution in [0.25, 0.3) is 5.76 Å². The highest BCUT2D eigenvalue weighted by molar-refractivity contribution is 6.23. The normalized spacial score (nSPS) is 15.8. The van der Waals surface area contributed by atoms with E-state index in [1.165, 1.54) is 4.90 Å². The quantitative estimate of drug-likeness (QED) is 0.593. The molecule has 0 fully saturated rings. The Kier molecular flexibility index (Phi) is 4.58. The van der Waals surface area contributed by atoms with Gasteiger partial charge in [0.05, 0.1) is 16.8 Å². The van der Waals surface area contributed by atoms with Gasteiger partial charge in [0, 0.05) is 17.2 Å². The molecule has 7 nitrogen and oxygen atoms in total. The minimum absolute atomic E-state index is 0.177. The maximum atomic E-state index is 13.0. The second kappa shape index (κ2) is 7.09. The monoisotopic (exact) mass is 389 g/mol. The maximum absolute atomic E-state index is 13.0. The maximum Gasteiger partial charge on any atom is 0.264 e. The summed E-state index contributed by atoms with van der Waals surface area (Å²) >= 11 is 0. The van der Waals surface area contributed by atoms with Crippen LogP contribution in [0.3, 0.4) is 0 Å². The van der Waals surface area contributed by atoms with Gasteiger partial charge in [0.1, 0.15) is 0 Å². The summed E-state index contributed by atoms with van der Waals surface area (Å²) in [5.41, 5.74) is 1.21. The minimum atomic E-state index is -0.435. The molecule has 146 valence electrons. The number of aliphatic hydroxyl groups excluding tert-OH is 1. The first-order valence-electron chi connectivity index (χ1n) is 9.49. The molecule has 0 saturated carbocycles. The van der Waals surface area contributed by atoms with Crippen molar-refractivity contribution < 1.29 is 19.5 Å². The molecule has 1 aliphatic carbocycles. The molecule has 2 aromatic carbocycles. The van der Waals surface area contributed by atoms with Crippen LogP contribution in [0.1, 0.15) is 63.3 Å². The molecule has 7 heteroatoms. The van der Waals surface area contributed by atoms with E-state index in [2.05, 4.69) is 10.2 Å². The number of hydrogen-bond acceptors (Lipinski definition) is 6. The number of fused-ring (bicyclic) bond motifs is 2. The topological polar surface area (TPSA) is 99.4 Å². The van der Waals surface area contributed by atoms with E-state index < -0.39 is 11.7 Å². The first-order chi connectivity index (χ1) is 14.0. The number of benzene rings is 2. The third-order valence-corrected chi connectivity index (χ3v) is 5.36. The number of carbonyl (C=O) groups is 3. The van der Waals surface area contributed by atoms with Gasteiger partial charge in [-0.2, -0.15) is 0 Å². The number of hydrogen-bond donors (Lipinski definition) is 1. The average molecular weight is 389 g/mol. The Hall–Kier alpha value is -3.61. The standard InChI is InChI=1S/C22H19N3O4/c1-3-12(4-2)25-21(28)15-10-7-11-16(17(15)22(25)29)23-24-18-19(26)13-8-5-6-9-14(13)20(18)27/h5-12,26H,3-4H2,1-2H3/b24-23+. The lowest BCUT2D eigenvalue weighted by atomic mass is 10.1. The van der Waals surface area contributed by atoms with E-state index in [-0.39, 0.29) is 40.2 Å². The number of ketones is 1. The van der Waals surface area contributed by atoms with Crippen LogP contribution in [-0.2, 0) is 0 Å². The molecular weight excluding hydrogens is 370 g/mol. The van der Waals surface area contributed by atoms with Gasteiger partial charge in [0.15, 0.2) is 11.5 Å². The van der Waals surface area contributed by atoms with E-state index >= 15 is 0 Å². The predicted molar refractivity (Wildman–Crippen MR) is 106 cm³/mol. The molecule has 2 amide bonds. The molecule has 0 saturated heterocycles. The highest BCUT2D eigenvalue weighted by Crippen LogP contribution is 2.36. The smallest absolute Gasteiger partial charge is 0.264 e. The van der Waals surface area contributed by atoms with Crippen molar-refractivity contribution in [1.82, 2.24) is 4.90 Å². The fraction of sp³-hybridized carbons (Fsp3) is 0.227. The number of nitrogens with zero attached hydrogens (tertiary/aromatic N) is 3. The van der Waals surface area contributed by atoms with Gasteiger partial charge in [-0.1, -0.05) is 44.2 Å². The second-order valence-electron chi connectivity index (χ2n) is 6.92. The van der Waals surface area contributed by atoms with Crippen molar-refractivity contribution in [1.29, 1.82) is 0 Å². The molecule has 2 aromatic rings. The molecule has 1 heterocycles. The van der Waals surface area contributed by atoms with Crippen molar-refractivity contribution in [3.8, 4) is 0 Å². The van der Waals surface area contributed by atoms with Crippen molar-refractivity contribution in [2.24, 2.45) is 10.2 Å². The molecule has 2 aliphatic rings. The SMILES string of the molecule is CCC(CC)N1C(=O)c2cccc(/N=N/C3=C(O)c4ccccc4C3=O)c2C1=O. The molecule has 29 heavy (non-hydrogen) atoms. The molecule has 0 atom stereocenters. The number of imide groups is 1. The Morgan fingerprint density at radius 3 is 2.17 bits per heavy atom. The van der Waals surface area contributed by atoms with E-state index in [0.717, 1.165) is 0 Å². The fourth-order valence-corrected chi connectivity index (χ4v) is 3.80. The third-order valence-electron chi connectivity index (χ3n) is 5.36. The van der Waals surface area contributed by atoms with E-state index in [1.54, 1.807) is 42.5 Å². The lowest BCUT2D eigenvalue weighted by Crippen LogP contribution is -2.39. The number of amides is 2. The van der Waals surface area contributed by atoms with Crippen LogP contribution < -0.4 is 0 Å². The Morgan fingerprint density at radius 2 is 1.52 bits per heavy atom. The average Bonchev–Trinajstić information content (AvgIpc) is 3.14. The first kappa shape index (κ1) is 18.7. The van der Waals surface area contributed by atoms with Crippen molar-refractivity contribution in [3.63, 3.8) is 0 Å². The summed E-state index contributed by atoms with van der Waals surface area (Å²) < 4.78 is 0. The number of allylic oxidation sites excluding steroid dienone is 1. The minimum Gasteiger partial charge on any atom is -0.505 e. The molecular formula is C22H19N3O4. The summed E-state index contributed by atoms with van der Waals surface area (Å²) in [6.45, 7) is 3.86. The van der Waals surface area contributed by atoms with Crippen molar-refractivity contribution in [3.05, 3.63) is 70.4 Å². The number of rotatable bonds is 5. The van der Waals surface area contributed by atoms with Crippen molar-refractivity contribution in [2.75, 3.05) is 0 Å². The predicted octanol–water partition coefficient (Wildman–Crippen LogP) is 4.68.